The van der Waals surface area contributed by atoms with E-state index in [2.05, 4.69) is 41.2 Å². The van der Waals surface area contributed by atoms with E-state index in [0.717, 1.165) is 56.6 Å². The van der Waals surface area contributed by atoms with E-state index in [9.17, 15) is 9.59 Å². The molecule has 0 atom stereocenters. The van der Waals surface area contributed by atoms with Crippen molar-refractivity contribution < 1.29 is 14.3 Å². The van der Waals surface area contributed by atoms with Crippen molar-refractivity contribution in [2.24, 2.45) is 0 Å². The number of amides is 1. The normalized spacial score (nSPS) is 13.4. The zero-order chi connectivity index (χ0) is 25.9. The van der Waals surface area contributed by atoms with Gasteiger partial charge in [0.15, 0.2) is 0 Å². The Morgan fingerprint density at radius 2 is 1.69 bits per heavy atom. The van der Waals surface area contributed by atoms with E-state index in [0.29, 0.717) is 16.8 Å². The van der Waals surface area contributed by atoms with Crippen molar-refractivity contribution in [1.29, 1.82) is 0 Å². The first-order valence-electron chi connectivity index (χ1n) is 12.5. The summed E-state index contributed by atoms with van der Waals surface area (Å²) >= 11 is 0. The van der Waals surface area contributed by atoms with Gasteiger partial charge in [-0.2, -0.15) is 0 Å². The van der Waals surface area contributed by atoms with Gasteiger partial charge in [0.05, 0.1) is 12.8 Å². The average Bonchev–Trinajstić information content (AvgIpc) is 2.91. The third-order valence-corrected chi connectivity index (χ3v) is 6.35. The SMILES string of the molecule is CCCc1ccc(C(=O)Nc2ccc(C)c(C=O)c2)cc1.COc1ccccc1N1CCN(C)CC1. The maximum atomic E-state index is 12.2. The molecule has 3 aromatic carbocycles. The molecule has 0 saturated carbocycles. The number of piperazine rings is 1. The van der Waals surface area contributed by atoms with Crippen LogP contribution in [0, 0.1) is 6.92 Å². The number of nitrogens with zero attached hydrogens (tertiary/aromatic N) is 2. The molecule has 4 rings (SSSR count). The molecule has 3 aromatic rings. The zero-order valence-electron chi connectivity index (χ0n) is 21.8. The number of nitrogens with one attached hydrogen (secondary N) is 1. The fraction of sp³-hybridized carbons (Fsp3) is 0.333. The summed E-state index contributed by atoms with van der Waals surface area (Å²) in [6.07, 6.45) is 2.90. The molecule has 1 heterocycles. The zero-order valence-corrected chi connectivity index (χ0v) is 21.8. The van der Waals surface area contributed by atoms with Crippen LogP contribution in [0.4, 0.5) is 11.4 Å². The lowest BCUT2D eigenvalue weighted by atomic mass is 10.1. The van der Waals surface area contributed by atoms with Crippen LogP contribution in [-0.2, 0) is 6.42 Å². The fourth-order valence-electron chi connectivity index (χ4n) is 4.10. The third-order valence-electron chi connectivity index (χ3n) is 6.35. The molecule has 1 aliphatic heterocycles. The molecule has 0 spiro atoms. The molecule has 190 valence electrons. The Kier molecular flexibility index (Phi) is 10.1. The van der Waals surface area contributed by atoms with Crippen LogP contribution in [0.5, 0.6) is 5.75 Å². The summed E-state index contributed by atoms with van der Waals surface area (Å²) < 4.78 is 5.37. The number of para-hydroxylation sites is 2. The van der Waals surface area contributed by atoms with E-state index in [4.69, 9.17) is 4.74 Å². The summed E-state index contributed by atoms with van der Waals surface area (Å²) in [6.45, 7) is 8.40. The highest BCUT2D eigenvalue weighted by Gasteiger charge is 2.16. The number of hydrogen-bond acceptors (Lipinski definition) is 5. The number of hydrogen-bond donors (Lipinski definition) is 1. The second-order valence-corrected chi connectivity index (χ2v) is 9.05. The number of aryl methyl sites for hydroxylation is 2. The quantitative estimate of drug-likeness (QED) is 0.449. The maximum absolute atomic E-state index is 12.2. The lowest BCUT2D eigenvalue weighted by Crippen LogP contribution is -2.44. The van der Waals surface area contributed by atoms with Crippen molar-refractivity contribution in [2.75, 3.05) is 50.6 Å². The third kappa shape index (κ3) is 7.43. The van der Waals surface area contributed by atoms with Gasteiger partial charge in [-0.1, -0.05) is 43.7 Å². The van der Waals surface area contributed by atoms with Gasteiger partial charge in [-0.3, -0.25) is 9.59 Å². The molecular weight excluding hydrogens is 450 g/mol. The largest absolute Gasteiger partial charge is 0.495 e. The molecule has 0 unspecified atom stereocenters. The summed E-state index contributed by atoms with van der Waals surface area (Å²) in [5.41, 5.74) is 5.17. The molecule has 6 nitrogen and oxygen atoms in total. The van der Waals surface area contributed by atoms with E-state index in [1.807, 2.05) is 49.4 Å². The van der Waals surface area contributed by atoms with Gasteiger partial charge in [0.2, 0.25) is 0 Å². The van der Waals surface area contributed by atoms with Crippen molar-refractivity contribution in [1.82, 2.24) is 4.90 Å². The molecule has 36 heavy (non-hydrogen) atoms. The van der Waals surface area contributed by atoms with Gasteiger partial charge in [0.1, 0.15) is 12.0 Å². The summed E-state index contributed by atoms with van der Waals surface area (Å²) in [7, 11) is 3.90. The van der Waals surface area contributed by atoms with Gasteiger partial charge in [-0.15, -0.1) is 0 Å². The van der Waals surface area contributed by atoms with Gasteiger partial charge < -0.3 is 19.9 Å². The van der Waals surface area contributed by atoms with Gasteiger partial charge in [-0.25, -0.2) is 0 Å². The molecule has 1 aliphatic rings. The Balaban J connectivity index is 0.000000212. The molecule has 1 amide bonds. The summed E-state index contributed by atoms with van der Waals surface area (Å²) in [5, 5.41) is 2.81. The minimum absolute atomic E-state index is 0.168. The lowest BCUT2D eigenvalue weighted by Gasteiger charge is -2.34. The molecule has 0 aliphatic carbocycles. The van der Waals surface area contributed by atoms with Crippen LogP contribution in [0.25, 0.3) is 0 Å². The first-order chi connectivity index (χ1) is 17.4. The first kappa shape index (κ1) is 27.0. The molecule has 1 saturated heterocycles. The molecule has 0 bridgehead atoms. The number of carbonyl (C=O) groups excluding carboxylic acids is 2. The van der Waals surface area contributed by atoms with Crippen LogP contribution in [0.15, 0.2) is 66.7 Å². The topological polar surface area (TPSA) is 61.9 Å². The van der Waals surface area contributed by atoms with E-state index < -0.39 is 0 Å². The van der Waals surface area contributed by atoms with Crippen molar-refractivity contribution >= 4 is 23.6 Å². The highest BCUT2D eigenvalue weighted by molar-refractivity contribution is 6.04. The fourth-order valence-corrected chi connectivity index (χ4v) is 4.10. The number of carbonyl (C=O) groups is 2. The number of ether oxygens (including phenoxy) is 1. The van der Waals surface area contributed by atoms with E-state index in [1.165, 1.54) is 11.3 Å². The van der Waals surface area contributed by atoms with E-state index in [-0.39, 0.29) is 5.91 Å². The van der Waals surface area contributed by atoms with Gasteiger partial charge >= 0.3 is 0 Å². The molecular formula is C30H37N3O3. The maximum Gasteiger partial charge on any atom is 0.255 e. The molecule has 0 radical (unpaired) electrons. The van der Waals surface area contributed by atoms with Crippen molar-refractivity contribution in [3.05, 3.63) is 89.0 Å². The second-order valence-electron chi connectivity index (χ2n) is 9.05. The number of benzene rings is 3. The monoisotopic (exact) mass is 487 g/mol. The molecule has 1 N–H and O–H groups in total. The number of rotatable bonds is 7. The minimum Gasteiger partial charge on any atom is -0.495 e. The Morgan fingerprint density at radius 3 is 2.33 bits per heavy atom. The lowest BCUT2D eigenvalue weighted by molar-refractivity contribution is 0.102. The predicted octanol–water partition coefficient (Wildman–Crippen LogP) is 5.46. The highest BCUT2D eigenvalue weighted by atomic mass is 16.5. The standard InChI is InChI=1S/C18H19NO2.C12H18N2O/c1-3-4-14-6-8-15(9-7-14)18(21)19-17-10-5-13(2)16(11-17)12-20;1-13-7-9-14(10-8-13)11-5-3-4-6-12(11)15-2/h5-12H,3-4H2,1-2H3,(H,19,21);3-6H,7-10H2,1-2H3. The van der Waals surface area contributed by atoms with Gasteiger partial charge in [0, 0.05) is 43.0 Å². The summed E-state index contributed by atoms with van der Waals surface area (Å²) in [4.78, 5) is 27.8. The predicted molar refractivity (Wildman–Crippen MR) is 148 cm³/mol. The Morgan fingerprint density at radius 1 is 1.00 bits per heavy atom. The number of aldehydes is 1. The van der Waals surface area contributed by atoms with Gasteiger partial charge in [-0.05, 0) is 67.9 Å². The smallest absolute Gasteiger partial charge is 0.255 e. The van der Waals surface area contributed by atoms with Crippen LogP contribution in [0.1, 0.15) is 45.2 Å². The van der Waals surface area contributed by atoms with E-state index in [1.54, 1.807) is 19.2 Å². The van der Waals surface area contributed by atoms with Crippen LogP contribution in [0.3, 0.4) is 0 Å². The van der Waals surface area contributed by atoms with Crippen molar-refractivity contribution in [3.63, 3.8) is 0 Å². The Bertz CT molecular complexity index is 1140. The molecule has 0 aromatic heterocycles. The molecule has 6 heteroatoms. The average molecular weight is 488 g/mol. The number of methoxy groups -OCH3 is 1. The minimum atomic E-state index is -0.168. The van der Waals surface area contributed by atoms with Crippen molar-refractivity contribution in [3.8, 4) is 5.75 Å². The van der Waals surface area contributed by atoms with Crippen molar-refractivity contribution in [2.45, 2.75) is 26.7 Å². The van der Waals surface area contributed by atoms with E-state index >= 15 is 0 Å². The summed E-state index contributed by atoms with van der Waals surface area (Å²) in [5.74, 6) is 0.806. The number of anilines is 2. The Labute approximate surface area is 214 Å². The van der Waals surface area contributed by atoms with Crippen LogP contribution in [-0.4, -0.2) is 57.4 Å². The summed E-state index contributed by atoms with van der Waals surface area (Å²) in [6, 6.07) is 21.1. The Hall–Kier alpha value is -3.64. The van der Waals surface area contributed by atoms with Crippen LogP contribution in [0.2, 0.25) is 0 Å². The number of likely N-dealkylation sites (N-methyl/N-ethyl adjacent to an activating group) is 1. The first-order valence-corrected chi connectivity index (χ1v) is 12.5. The van der Waals surface area contributed by atoms with Gasteiger partial charge in [0.25, 0.3) is 5.91 Å². The highest BCUT2D eigenvalue weighted by Crippen LogP contribution is 2.28. The van der Waals surface area contributed by atoms with Crippen LogP contribution < -0.4 is 15.0 Å². The van der Waals surface area contributed by atoms with Crippen LogP contribution >= 0.6 is 0 Å². The molecule has 1 fully saturated rings. The second kappa shape index (κ2) is 13.4.